The summed E-state index contributed by atoms with van der Waals surface area (Å²) in [4.78, 5) is 23.1. The molecule has 0 unspecified atom stereocenters. The average Bonchev–Trinajstić information content (AvgIpc) is 3.04. The van der Waals surface area contributed by atoms with Gasteiger partial charge >= 0.3 is 12.1 Å². The van der Waals surface area contributed by atoms with Gasteiger partial charge in [-0.15, -0.1) is 0 Å². The number of aryl methyl sites for hydroxylation is 1. The number of carbonyl (C=O) groups is 2. The van der Waals surface area contributed by atoms with Crippen LogP contribution in [0.5, 0.6) is 5.75 Å². The molecule has 0 aliphatic carbocycles. The molecule has 1 heterocycles. The number of halogens is 1. The fraction of sp³-hybridized carbons (Fsp3) is 0.421. The molecule has 0 N–H and O–H groups in total. The molecule has 0 spiro atoms. The Kier molecular flexibility index (Phi) is 13.0. The Morgan fingerprint density at radius 2 is 1.51 bits per heavy atom. The molecule has 1 aliphatic heterocycles. The number of unbranched alkanes of at least 4 members (excludes halogenated alkanes) is 6. The van der Waals surface area contributed by atoms with Crippen molar-refractivity contribution in [1.82, 2.24) is 0 Å². The highest BCUT2D eigenvalue weighted by atomic mass is 19.1. The van der Waals surface area contributed by atoms with E-state index in [0.29, 0.717) is 23.3 Å². The van der Waals surface area contributed by atoms with E-state index in [4.69, 9.17) is 18.9 Å². The van der Waals surface area contributed by atoms with Crippen LogP contribution in [0.1, 0.15) is 69.9 Å². The van der Waals surface area contributed by atoms with Gasteiger partial charge in [-0.25, -0.2) is 14.0 Å². The lowest BCUT2D eigenvalue weighted by Gasteiger charge is -2.22. The van der Waals surface area contributed by atoms with Crippen molar-refractivity contribution in [2.75, 3.05) is 26.4 Å². The number of hydrogen-bond acceptors (Lipinski definition) is 6. The van der Waals surface area contributed by atoms with Crippen LogP contribution in [0.4, 0.5) is 9.18 Å². The lowest BCUT2D eigenvalue weighted by atomic mass is 9.96. The van der Waals surface area contributed by atoms with E-state index in [0.717, 1.165) is 28.7 Å². The van der Waals surface area contributed by atoms with Gasteiger partial charge in [0.15, 0.2) is 0 Å². The number of rotatable bonds is 17. The molecule has 1 fully saturated rings. The number of hydrogen-bond donors (Lipinski definition) is 0. The Labute approximate surface area is 266 Å². The first-order chi connectivity index (χ1) is 21.8. The number of benzene rings is 3. The molecule has 3 aromatic rings. The molecule has 7 heteroatoms. The summed E-state index contributed by atoms with van der Waals surface area (Å²) >= 11 is 0. The molecule has 240 valence electrons. The van der Waals surface area contributed by atoms with Gasteiger partial charge in [0.2, 0.25) is 0 Å². The van der Waals surface area contributed by atoms with Gasteiger partial charge in [0.25, 0.3) is 0 Å². The normalized spacial score (nSPS) is 13.2. The maximum absolute atomic E-state index is 15.5. The van der Waals surface area contributed by atoms with Gasteiger partial charge in [-0.3, -0.25) is 0 Å². The number of carbonyl (C=O) groups excluding carboxylic acids is 2. The highest BCUT2D eigenvalue weighted by molar-refractivity contribution is 5.86. The standard InChI is InChI=1S/C38H45FO6/c1-4-5-6-7-8-9-10-11-28-12-14-30(15-13-28)34-18-16-32(23-35(34)39)31-17-19-36(43-24-29-25-44-38(41)45-26-29)33(22-31)20-21-42-37(40)27(2)3/h12-19,22-23,29H,2,4-11,20-21,24-26H2,1,3H3. The van der Waals surface area contributed by atoms with Gasteiger partial charge in [0.1, 0.15) is 24.8 Å². The highest BCUT2D eigenvalue weighted by Gasteiger charge is 2.22. The van der Waals surface area contributed by atoms with Crippen molar-refractivity contribution in [1.29, 1.82) is 0 Å². The van der Waals surface area contributed by atoms with E-state index in [-0.39, 0.29) is 38.2 Å². The molecule has 0 amide bonds. The summed E-state index contributed by atoms with van der Waals surface area (Å²) in [6, 6.07) is 19.1. The topological polar surface area (TPSA) is 71.1 Å². The predicted octanol–water partition coefficient (Wildman–Crippen LogP) is 9.28. The van der Waals surface area contributed by atoms with Crippen LogP contribution < -0.4 is 4.74 Å². The maximum atomic E-state index is 15.5. The predicted molar refractivity (Wildman–Crippen MR) is 175 cm³/mol. The molecule has 45 heavy (non-hydrogen) atoms. The van der Waals surface area contributed by atoms with Crippen LogP contribution in [0.3, 0.4) is 0 Å². The minimum absolute atomic E-state index is 0.104. The summed E-state index contributed by atoms with van der Waals surface area (Å²) in [6.07, 6.45) is 9.75. The molecule has 0 atom stereocenters. The van der Waals surface area contributed by atoms with Crippen molar-refractivity contribution in [3.8, 4) is 28.0 Å². The Morgan fingerprint density at radius 1 is 0.867 bits per heavy atom. The first-order valence-electron chi connectivity index (χ1n) is 16.1. The largest absolute Gasteiger partial charge is 0.508 e. The van der Waals surface area contributed by atoms with Crippen molar-refractivity contribution in [3.63, 3.8) is 0 Å². The zero-order valence-electron chi connectivity index (χ0n) is 26.6. The summed E-state index contributed by atoms with van der Waals surface area (Å²) in [7, 11) is 0. The first kappa shape index (κ1) is 33.8. The van der Waals surface area contributed by atoms with Crippen LogP contribution >= 0.6 is 0 Å². The third-order valence-corrected chi connectivity index (χ3v) is 8.00. The van der Waals surface area contributed by atoms with Crippen LogP contribution in [0.2, 0.25) is 0 Å². The van der Waals surface area contributed by atoms with Gasteiger partial charge in [-0.05, 0) is 65.8 Å². The van der Waals surface area contributed by atoms with Crippen LogP contribution in [-0.4, -0.2) is 38.6 Å². The van der Waals surface area contributed by atoms with E-state index in [1.54, 1.807) is 13.0 Å². The van der Waals surface area contributed by atoms with E-state index in [9.17, 15) is 9.59 Å². The van der Waals surface area contributed by atoms with Gasteiger partial charge in [-0.1, -0.05) is 94.5 Å². The Morgan fingerprint density at radius 3 is 2.20 bits per heavy atom. The van der Waals surface area contributed by atoms with E-state index in [1.807, 2.05) is 42.5 Å². The van der Waals surface area contributed by atoms with E-state index >= 15 is 4.39 Å². The second kappa shape index (κ2) is 17.4. The van der Waals surface area contributed by atoms with Crippen LogP contribution in [0.15, 0.2) is 72.8 Å². The SMILES string of the molecule is C=C(C)C(=O)OCCc1cc(-c2ccc(-c3ccc(CCCCCCCCC)cc3)c(F)c2)ccc1OCC1COC(=O)OC1. The van der Waals surface area contributed by atoms with Gasteiger partial charge < -0.3 is 18.9 Å². The van der Waals surface area contributed by atoms with Gasteiger partial charge in [0.05, 0.1) is 19.1 Å². The minimum Gasteiger partial charge on any atom is -0.493 e. The molecule has 0 bridgehead atoms. The summed E-state index contributed by atoms with van der Waals surface area (Å²) < 4.78 is 36.7. The van der Waals surface area contributed by atoms with Gasteiger partial charge in [-0.2, -0.15) is 0 Å². The summed E-state index contributed by atoms with van der Waals surface area (Å²) in [5.41, 5.74) is 5.36. The van der Waals surface area contributed by atoms with E-state index in [2.05, 4.69) is 25.6 Å². The third kappa shape index (κ3) is 10.5. The van der Waals surface area contributed by atoms with Crippen molar-refractivity contribution in [3.05, 3.63) is 89.8 Å². The van der Waals surface area contributed by atoms with Crippen LogP contribution in [0, 0.1) is 11.7 Å². The third-order valence-electron chi connectivity index (χ3n) is 8.00. The lowest BCUT2D eigenvalue weighted by molar-refractivity contribution is -0.138. The highest BCUT2D eigenvalue weighted by Crippen LogP contribution is 2.32. The fourth-order valence-electron chi connectivity index (χ4n) is 5.30. The Balaban J connectivity index is 1.42. The fourth-order valence-corrected chi connectivity index (χ4v) is 5.30. The number of esters is 1. The zero-order valence-corrected chi connectivity index (χ0v) is 26.6. The quantitative estimate of drug-likeness (QED) is 0.0855. The molecule has 6 nitrogen and oxygen atoms in total. The molecule has 1 aliphatic rings. The first-order valence-corrected chi connectivity index (χ1v) is 16.1. The van der Waals surface area contributed by atoms with Crippen molar-refractivity contribution in [2.24, 2.45) is 5.92 Å². The molecule has 0 radical (unpaired) electrons. The molecule has 4 rings (SSSR count). The van der Waals surface area contributed by atoms with Crippen LogP contribution in [-0.2, 0) is 31.8 Å². The van der Waals surface area contributed by atoms with Crippen molar-refractivity contribution < 1.29 is 32.9 Å². The van der Waals surface area contributed by atoms with E-state index < -0.39 is 12.1 Å². The summed E-state index contributed by atoms with van der Waals surface area (Å²) in [5.74, 6) is -0.252. The molecular weight excluding hydrogens is 571 g/mol. The zero-order chi connectivity index (χ0) is 32.0. The van der Waals surface area contributed by atoms with Crippen molar-refractivity contribution >= 4 is 12.1 Å². The minimum atomic E-state index is -0.676. The molecule has 0 aromatic heterocycles. The lowest BCUT2D eigenvalue weighted by Crippen LogP contribution is -2.31. The Bertz CT molecular complexity index is 1420. The van der Waals surface area contributed by atoms with Gasteiger partial charge in [0, 0.05) is 17.6 Å². The summed E-state index contributed by atoms with van der Waals surface area (Å²) in [5, 5.41) is 0. The molecule has 0 saturated carbocycles. The smallest absolute Gasteiger partial charge is 0.493 e. The second-order valence-corrected chi connectivity index (χ2v) is 11.8. The number of cyclic esters (lactones) is 2. The van der Waals surface area contributed by atoms with Crippen molar-refractivity contribution in [2.45, 2.75) is 71.6 Å². The summed E-state index contributed by atoms with van der Waals surface area (Å²) in [6.45, 7) is 8.32. The maximum Gasteiger partial charge on any atom is 0.508 e. The monoisotopic (exact) mass is 616 g/mol. The molecule has 1 saturated heterocycles. The average molecular weight is 617 g/mol. The number of ether oxygens (including phenoxy) is 4. The van der Waals surface area contributed by atoms with E-state index in [1.165, 1.54) is 50.5 Å². The molecule has 3 aromatic carbocycles. The second-order valence-electron chi connectivity index (χ2n) is 11.8. The van der Waals surface area contributed by atoms with Crippen LogP contribution in [0.25, 0.3) is 22.3 Å². The molecular formula is C38H45FO6. The Hall–Kier alpha value is -4.13.